The van der Waals surface area contributed by atoms with Gasteiger partial charge in [0, 0.05) is 12.8 Å². The van der Waals surface area contributed by atoms with E-state index in [2.05, 4.69) is 26.0 Å². The summed E-state index contributed by atoms with van der Waals surface area (Å²) < 4.78 is 22.9. The largest absolute Gasteiger partial charge is 0.545 e. The molecule has 0 aromatic carbocycles. The molecule has 0 bridgehead atoms. The van der Waals surface area contributed by atoms with E-state index in [0.29, 0.717) is 17.4 Å². The van der Waals surface area contributed by atoms with Crippen molar-refractivity contribution in [1.82, 2.24) is 0 Å². The third-order valence-corrected chi connectivity index (χ3v) is 18.5. The van der Waals surface area contributed by atoms with Crippen molar-refractivity contribution in [3.63, 3.8) is 0 Å². The minimum Gasteiger partial charge on any atom is -0.545 e. The van der Waals surface area contributed by atoms with Crippen LogP contribution in [0.15, 0.2) is 12.2 Å². The molecule has 9 heteroatoms. The number of allylic oxidation sites excluding steroid dienone is 2. The predicted octanol–water partition coefficient (Wildman–Crippen LogP) is 23.8. The van der Waals surface area contributed by atoms with Gasteiger partial charge in [-0.25, -0.2) is 0 Å². The molecular formula is C80H155NO8. The number of carboxylic acid groups (broad SMARTS) is 1. The molecule has 0 spiro atoms. The number of quaternary nitrogens is 1. The van der Waals surface area contributed by atoms with Gasteiger partial charge in [0.15, 0.2) is 12.4 Å². The molecule has 0 aliphatic carbocycles. The van der Waals surface area contributed by atoms with Gasteiger partial charge < -0.3 is 33.3 Å². The van der Waals surface area contributed by atoms with Crippen molar-refractivity contribution in [3.05, 3.63) is 12.2 Å². The van der Waals surface area contributed by atoms with Crippen LogP contribution < -0.4 is 5.11 Å². The predicted molar refractivity (Wildman–Crippen MR) is 380 cm³/mol. The first-order chi connectivity index (χ1) is 43.6. The van der Waals surface area contributed by atoms with E-state index in [-0.39, 0.29) is 32.2 Å². The minimum atomic E-state index is -1.62. The molecule has 0 rings (SSSR count). The third kappa shape index (κ3) is 73.3. The topological polar surface area (TPSA) is 111 Å². The van der Waals surface area contributed by atoms with E-state index in [0.717, 1.165) is 38.5 Å². The van der Waals surface area contributed by atoms with Crippen LogP contribution in [0.1, 0.15) is 425 Å². The molecular weight excluding hydrogens is 1100 g/mol. The summed E-state index contributed by atoms with van der Waals surface area (Å²) in [6, 6.07) is 0. The lowest BCUT2D eigenvalue weighted by Crippen LogP contribution is -2.44. The molecule has 2 unspecified atom stereocenters. The number of carbonyl (C=O) groups excluding carboxylic acids is 3. The van der Waals surface area contributed by atoms with E-state index >= 15 is 0 Å². The van der Waals surface area contributed by atoms with Gasteiger partial charge in [-0.05, 0) is 38.5 Å². The average molecular weight is 1260 g/mol. The summed E-state index contributed by atoms with van der Waals surface area (Å²) >= 11 is 0. The molecule has 0 fully saturated rings. The van der Waals surface area contributed by atoms with Crippen LogP contribution in [0.3, 0.4) is 0 Å². The summed E-state index contributed by atoms with van der Waals surface area (Å²) in [5.41, 5.74) is 0. The Labute approximate surface area is 555 Å². The maximum absolute atomic E-state index is 13.0. The van der Waals surface area contributed by atoms with Crippen LogP contribution in [0.25, 0.3) is 0 Å². The highest BCUT2D eigenvalue weighted by Gasteiger charge is 2.22. The highest BCUT2D eigenvalue weighted by Crippen LogP contribution is 2.20. The van der Waals surface area contributed by atoms with Gasteiger partial charge in [0.1, 0.15) is 13.2 Å². The Kier molecular flexibility index (Phi) is 70.3. The fourth-order valence-corrected chi connectivity index (χ4v) is 12.4. The fraction of sp³-hybridized carbons (Fsp3) is 0.938. The van der Waals surface area contributed by atoms with E-state index in [1.165, 1.54) is 360 Å². The zero-order chi connectivity index (χ0) is 64.7. The molecule has 528 valence electrons. The number of carboxylic acids is 1. The van der Waals surface area contributed by atoms with E-state index < -0.39 is 24.3 Å². The number of aliphatic carboxylic acids is 1. The molecule has 0 aliphatic rings. The number of ether oxygens (including phenoxy) is 4. The van der Waals surface area contributed by atoms with Gasteiger partial charge in [0.2, 0.25) is 0 Å². The van der Waals surface area contributed by atoms with Gasteiger partial charge in [-0.3, -0.25) is 9.59 Å². The summed E-state index contributed by atoms with van der Waals surface area (Å²) in [6.07, 6.45) is 86.3. The van der Waals surface area contributed by atoms with Gasteiger partial charge in [0.25, 0.3) is 0 Å². The first-order valence-corrected chi connectivity index (χ1v) is 39.8. The highest BCUT2D eigenvalue weighted by atomic mass is 16.7. The van der Waals surface area contributed by atoms with Gasteiger partial charge in [-0.15, -0.1) is 0 Å². The number of rotatable bonds is 76. The molecule has 0 radical (unpaired) electrons. The van der Waals surface area contributed by atoms with Gasteiger partial charge >= 0.3 is 11.9 Å². The quantitative estimate of drug-likeness (QED) is 0.0195. The molecule has 0 N–H and O–H groups in total. The van der Waals surface area contributed by atoms with Gasteiger partial charge in [-0.1, -0.05) is 386 Å². The Morgan fingerprint density at radius 1 is 0.326 bits per heavy atom. The van der Waals surface area contributed by atoms with Crippen molar-refractivity contribution < 1.29 is 42.9 Å². The Hall–Kier alpha value is -1.97. The Morgan fingerprint density at radius 2 is 0.573 bits per heavy atom. The van der Waals surface area contributed by atoms with E-state index in [1.807, 2.05) is 21.1 Å². The number of hydrogen-bond acceptors (Lipinski definition) is 8. The lowest BCUT2D eigenvalue weighted by molar-refractivity contribution is -0.870. The summed E-state index contributed by atoms with van der Waals surface area (Å²) in [5, 5.41) is 11.9. The average Bonchev–Trinajstić information content (AvgIpc) is 3.71. The van der Waals surface area contributed by atoms with Gasteiger partial charge in [0.05, 0.1) is 40.3 Å². The summed E-state index contributed by atoms with van der Waals surface area (Å²) in [5.74, 6) is -2.24. The maximum atomic E-state index is 13.0. The highest BCUT2D eigenvalue weighted by molar-refractivity contribution is 5.70. The smallest absolute Gasteiger partial charge is 0.306 e. The Morgan fingerprint density at radius 3 is 0.831 bits per heavy atom. The number of likely N-dealkylation sites (N-methyl/N-ethyl adjacent to an activating group) is 1. The second-order valence-corrected chi connectivity index (χ2v) is 28.7. The fourth-order valence-electron chi connectivity index (χ4n) is 12.4. The Bertz CT molecular complexity index is 1460. The maximum Gasteiger partial charge on any atom is 0.306 e. The first-order valence-electron chi connectivity index (χ1n) is 39.8. The Balaban J connectivity index is 3.95. The summed E-state index contributed by atoms with van der Waals surface area (Å²) in [7, 11) is 5.95. The first kappa shape index (κ1) is 87.0. The standard InChI is InChI=1S/C80H155NO8/c1-6-8-10-12-14-16-18-20-22-24-26-28-30-32-34-36-37-38-39-40-41-43-44-46-48-50-52-54-56-58-60-62-64-66-68-70-77(82)87-74-76(75-88-80(79(84)85)86-73-72-81(3,4)5)89-78(83)71-69-67-65-63-61-59-57-55-53-51-49-47-45-42-35-33-31-29-27-25-23-21-19-17-15-13-11-9-7-2/h25,27,76,80H,6-24,26,28-75H2,1-5H3/b27-25-. The van der Waals surface area contributed by atoms with Crippen molar-refractivity contribution in [2.75, 3.05) is 47.5 Å². The monoisotopic (exact) mass is 1260 g/mol. The second kappa shape index (κ2) is 71.9. The normalized spacial score (nSPS) is 12.6. The van der Waals surface area contributed by atoms with Crippen LogP contribution in [0.5, 0.6) is 0 Å². The molecule has 0 heterocycles. The molecule has 89 heavy (non-hydrogen) atoms. The number of nitrogens with zero attached hydrogens (tertiary/aromatic N) is 1. The minimum absolute atomic E-state index is 0.153. The lowest BCUT2D eigenvalue weighted by atomic mass is 10.0. The van der Waals surface area contributed by atoms with Crippen LogP contribution in [0.4, 0.5) is 0 Å². The number of unbranched alkanes of at least 4 members (excludes halogenated alkanes) is 59. The molecule has 0 aromatic rings. The zero-order valence-electron chi connectivity index (χ0n) is 60.6. The third-order valence-electron chi connectivity index (χ3n) is 18.5. The van der Waals surface area contributed by atoms with Crippen LogP contribution >= 0.6 is 0 Å². The van der Waals surface area contributed by atoms with Crippen LogP contribution in [-0.2, 0) is 33.3 Å². The van der Waals surface area contributed by atoms with Crippen molar-refractivity contribution in [2.45, 2.75) is 437 Å². The van der Waals surface area contributed by atoms with E-state index in [1.54, 1.807) is 0 Å². The lowest BCUT2D eigenvalue weighted by Gasteiger charge is -2.26. The molecule has 0 amide bonds. The second-order valence-electron chi connectivity index (χ2n) is 28.7. The van der Waals surface area contributed by atoms with Gasteiger partial charge in [-0.2, -0.15) is 0 Å². The summed E-state index contributed by atoms with van der Waals surface area (Å²) in [6.45, 7) is 4.84. The molecule has 9 nitrogen and oxygen atoms in total. The molecule has 0 aromatic heterocycles. The molecule has 0 saturated carbocycles. The number of carbonyl (C=O) groups is 3. The van der Waals surface area contributed by atoms with Crippen molar-refractivity contribution in [1.29, 1.82) is 0 Å². The van der Waals surface area contributed by atoms with Crippen LogP contribution in [0, 0.1) is 0 Å². The van der Waals surface area contributed by atoms with Crippen LogP contribution in [0.2, 0.25) is 0 Å². The molecule has 2 atom stereocenters. The molecule has 0 saturated heterocycles. The van der Waals surface area contributed by atoms with E-state index in [9.17, 15) is 19.5 Å². The number of esters is 2. The van der Waals surface area contributed by atoms with E-state index in [4.69, 9.17) is 18.9 Å². The van der Waals surface area contributed by atoms with Crippen molar-refractivity contribution in [3.8, 4) is 0 Å². The molecule has 0 aliphatic heterocycles. The zero-order valence-corrected chi connectivity index (χ0v) is 60.6. The van der Waals surface area contributed by atoms with Crippen molar-refractivity contribution in [2.24, 2.45) is 0 Å². The van der Waals surface area contributed by atoms with Crippen molar-refractivity contribution >= 4 is 17.9 Å². The SMILES string of the molecule is CCCCCCCCCC/C=C\CCCCCCCCCCCCCCCCCCCC(=O)OC(COC(=O)CCCCCCCCCCCCCCCCCCCCCCCCCCCCCCCCCCCCC)COC(OCC[N+](C)(C)C)C(=O)[O-]. The number of hydrogen-bond donors (Lipinski definition) is 0. The van der Waals surface area contributed by atoms with Crippen LogP contribution in [-0.4, -0.2) is 82.3 Å². The summed E-state index contributed by atoms with van der Waals surface area (Å²) in [4.78, 5) is 37.6.